The average molecular weight is 659 g/mol. The molecule has 2 saturated carbocycles. The molecule has 0 radical (unpaired) electrons. The molecule has 256 valence electrons. The van der Waals surface area contributed by atoms with Crippen LogP contribution in [-0.2, 0) is 19.2 Å². The summed E-state index contributed by atoms with van der Waals surface area (Å²) < 4.78 is 0. The van der Waals surface area contributed by atoms with Crippen molar-refractivity contribution in [3.05, 3.63) is 58.7 Å². The molecule has 3 aliphatic carbocycles. The second-order valence-corrected chi connectivity index (χ2v) is 13.3. The van der Waals surface area contributed by atoms with Gasteiger partial charge in [0.25, 0.3) is 0 Å². The van der Waals surface area contributed by atoms with Crippen molar-refractivity contribution in [2.45, 2.75) is 64.2 Å². The molecule has 0 spiro atoms. The molecule has 5 rings (SSSR count). The largest absolute Gasteiger partial charge is 0.355 e. The predicted molar refractivity (Wildman–Crippen MR) is 181 cm³/mol. The van der Waals surface area contributed by atoms with Gasteiger partial charge in [0.1, 0.15) is 0 Å². The summed E-state index contributed by atoms with van der Waals surface area (Å²) in [5, 5.41) is 11.2. The van der Waals surface area contributed by atoms with Gasteiger partial charge in [-0.05, 0) is 113 Å². The van der Waals surface area contributed by atoms with E-state index in [-0.39, 0.29) is 95.2 Å². The van der Waals surface area contributed by atoms with Gasteiger partial charge in [-0.2, -0.15) is 0 Å². The Morgan fingerprint density at radius 3 is 1.29 bits per heavy atom. The minimum Gasteiger partial charge on any atom is -0.355 e. The Kier molecular flexibility index (Phi) is 11.7. The highest BCUT2D eigenvalue weighted by Crippen LogP contribution is 2.32. The molecule has 8 N–H and O–H groups in total. The Labute approximate surface area is 280 Å². The van der Waals surface area contributed by atoms with E-state index in [9.17, 15) is 28.8 Å². The third-order valence-electron chi connectivity index (χ3n) is 9.99. The van der Waals surface area contributed by atoms with Gasteiger partial charge in [0, 0.05) is 71.4 Å². The SMILES string of the molecule is NCC1CCC(C(=O)NCCC(=O)Nc2ccc3c(c2)C(=O)c2ccc(NC(=O)CCNC(=O)C4CCC(CN)CC4)cc2C3=O)CC1. The van der Waals surface area contributed by atoms with E-state index in [4.69, 9.17) is 11.5 Å². The lowest BCUT2D eigenvalue weighted by atomic mass is 9.81. The van der Waals surface area contributed by atoms with E-state index in [1.165, 1.54) is 24.3 Å². The van der Waals surface area contributed by atoms with Crippen LogP contribution in [0.3, 0.4) is 0 Å². The molecule has 12 heteroatoms. The molecular weight excluding hydrogens is 612 g/mol. The number of carbonyl (C=O) groups is 6. The molecule has 0 atom stereocenters. The number of rotatable bonds is 12. The number of hydrogen-bond donors (Lipinski definition) is 6. The van der Waals surface area contributed by atoms with Gasteiger partial charge in [-0.3, -0.25) is 28.8 Å². The average Bonchev–Trinajstić information content (AvgIpc) is 3.10. The summed E-state index contributed by atoms with van der Waals surface area (Å²) in [6.07, 6.45) is 7.11. The van der Waals surface area contributed by atoms with Crippen LogP contribution in [-0.4, -0.2) is 61.4 Å². The van der Waals surface area contributed by atoms with Crippen LogP contribution in [0.1, 0.15) is 96.1 Å². The topological polar surface area (TPSA) is 203 Å². The molecule has 0 unspecified atom stereocenters. The molecule has 0 saturated heterocycles. The monoisotopic (exact) mass is 658 g/mol. The number of anilines is 2. The number of nitrogens with two attached hydrogens (primary N) is 2. The van der Waals surface area contributed by atoms with Crippen molar-refractivity contribution in [3.8, 4) is 0 Å². The number of benzene rings is 2. The van der Waals surface area contributed by atoms with Crippen LogP contribution in [0.4, 0.5) is 11.4 Å². The molecule has 2 fully saturated rings. The van der Waals surface area contributed by atoms with Crippen LogP contribution >= 0.6 is 0 Å². The second kappa shape index (κ2) is 16.1. The van der Waals surface area contributed by atoms with E-state index in [0.29, 0.717) is 36.3 Å². The van der Waals surface area contributed by atoms with Crippen LogP contribution in [0.5, 0.6) is 0 Å². The highest BCUT2D eigenvalue weighted by molar-refractivity contribution is 6.29. The summed E-state index contributed by atoms with van der Waals surface area (Å²) in [4.78, 5) is 76.9. The standard InChI is InChI=1S/C36H46N6O6/c37-19-21-1-5-23(6-2-21)35(47)39-15-13-31(43)41-25-9-11-27-29(17-25)33(45)28-12-10-26(18-30(28)34(27)46)42-32(44)14-16-40-36(48)24-7-3-22(20-38)4-8-24/h9-12,17-18,21-24H,1-8,13-16,19-20,37-38H2,(H,39,47)(H,40,48)(H,41,43)(H,42,44). The number of carbonyl (C=O) groups excluding carboxylic acids is 6. The Morgan fingerprint density at radius 1 is 0.562 bits per heavy atom. The first-order valence-electron chi connectivity index (χ1n) is 17.1. The lowest BCUT2D eigenvalue weighted by Gasteiger charge is -2.26. The molecule has 3 aliphatic rings. The number of fused-ring (bicyclic) bond motifs is 2. The van der Waals surface area contributed by atoms with Gasteiger partial charge < -0.3 is 32.7 Å². The van der Waals surface area contributed by atoms with Crippen molar-refractivity contribution in [1.82, 2.24) is 10.6 Å². The van der Waals surface area contributed by atoms with E-state index < -0.39 is 0 Å². The first-order valence-corrected chi connectivity index (χ1v) is 17.1. The van der Waals surface area contributed by atoms with Crippen LogP contribution < -0.4 is 32.7 Å². The first kappa shape index (κ1) is 34.9. The fourth-order valence-corrected chi connectivity index (χ4v) is 6.96. The summed E-state index contributed by atoms with van der Waals surface area (Å²) in [6.45, 7) is 1.68. The fraction of sp³-hybridized carbons (Fsp3) is 0.500. The Morgan fingerprint density at radius 2 is 0.938 bits per heavy atom. The summed E-state index contributed by atoms with van der Waals surface area (Å²) in [7, 11) is 0. The maximum absolute atomic E-state index is 13.4. The number of nitrogens with one attached hydrogen (secondary N) is 4. The zero-order chi connectivity index (χ0) is 34.2. The summed E-state index contributed by atoms with van der Waals surface area (Å²) in [5.74, 6) is -0.618. The molecule has 48 heavy (non-hydrogen) atoms. The van der Waals surface area contributed by atoms with Crippen molar-refractivity contribution in [3.63, 3.8) is 0 Å². The zero-order valence-electron chi connectivity index (χ0n) is 27.3. The molecule has 2 aromatic rings. The number of ketones is 2. The molecule has 0 aliphatic heterocycles. The van der Waals surface area contributed by atoms with Gasteiger partial charge in [0.05, 0.1) is 0 Å². The fourth-order valence-electron chi connectivity index (χ4n) is 6.96. The third-order valence-corrected chi connectivity index (χ3v) is 9.99. The molecule has 0 bridgehead atoms. The van der Waals surface area contributed by atoms with E-state index >= 15 is 0 Å². The molecule has 0 heterocycles. The highest BCUT2D eigenvalue weighted by Gasteiger charge is 2.31. The van der Waals surface area contributed by atoms with E-state index in [1.54, 1.807) is 12.1 Å². The molecule has 0 aromatic heterocycles. The number of amides is 4. The number of hydrogen-bond acceptors (Lipinski definition) is 8. The van der Waals surface area contributed by atoms with Crippen molar-refractivity contribution in [2.24, 2.45) is 35.1 Å². The zero-order valence-corrected chi connectivity index (χ0v) is 27.3. The van der Waals surface area contributed by atoms with Crippen LogP contribution in [0.15, 0.2) is 36.4 Å². The maximum atomic E-state index is 13.4. The Bertz CT molecular complexity index is 1440. The third kappa shape index (κ3) is 8.53. The Hall–Kier alpha value is -4.42. The van der Waals surface area contributed by atoms with Gasteiger partial charge in [0.2, 0.25) is 23.6 Å². The summed E-state index contributed by atoms with van der Waals surface area (Å²) >= 11 is 0. The maximum Gasteiger partial charge on any atom is 0.226 e. The van der Waals surface area contributed by atoms with Gasteiger partial charge in [-0.25, -0.2) is 0 Å². The minimum atomic E-state index is -0.367. The van der Waals surface area contributed by atoms with Crippen LogP contribution in [0.25, 0.3) is 0 Å². The Balaban J connectivity index is 1.09. The predicted octanol–water partition coefficient (Wildman–Crippen LogP) is 2.88. The smallest absolute Gasteiger partial charge is 0.226 e. The second-order valence-electron chi connectivity index (χ2n) is 13.3. The van der Waals surface area contributed by atoms with Crippen molar-refractivity contribution >= 4 is 46.6 Å². The van der Waals surface area contributed by atoms with Crippen LogP contribution in [0.2, 0.25) is 0 Å². The van der Waals surface area contributed by atoms with Gasteiger partial charge in [0.15, 0.2) is 11.6 Å². The molecule has 2 aromatic carbocycles. The van der Waals surface area contributed by atoms with Crippen molar-refractivity contribution in [1.29, 1.82) is 0 Å². The van der Waals surface area contributed by atoms with Gasteiger partial charge in [-0.1, -0.05) is 0 Å². The van der Waals surface area contributed by atoms with Gasteiger partial charge in [-0.15, -0.1) is 0 Å². The van der Waals surface area contributed by atoms with Crippen molar-refractivity contribution < 1.29 is 28.8 Å². The summed E-state index contributed by atoms with van der Waals surface area (Å²) in [5.41, 5.74) is 13.0. The first-order chi connectivity index (χ1) is 23.2. The minimum absolute atomic E-state index is 0.0437. The lowest BCUT2D eigenvalue weighted by molar-refractivity contribution is -0.127. The molecule has 12 nitrogen and oxygen atoms in total. The summed E-state index contributed by atoms with van der Waals surface area (Å²) in [6, 6.07) is 9.10. The van der Waals surface area contributed by atoms with E-state index in [2.05, 4.69) is 21.3 Å². The highest BCUT2D eigenvalue weighted by atomic mass is 16.2. The van der Waals surface area contributed by atoms with Gasteiger partial charge >= 0.3 is 0 Å². The quantitative estimate of drug-likeness (QED) is 0.170. The molecular formula is C36H46N6O6. The van der Waals surface area contributed by atoms with E-state index in [0.717, 1.165) is 51.4 Å². The van der Waals surface area contributed by atoms with Crippen LogP contribution in [0, 0.1) is 23.7 Å². The van der Waals surface area contributed by atoms with E-state index in [1.807, 2.05) is 0 Å². The normalized spacial score (nSPS) is 21.8. The molecule has 4 amide bonds. The van der Waals surface area contributed by atoms with Crippen molar-refractivity contribution in [2.75, 3.05) is 36.8 Å². The lowest BCUT2D eigenvalue weighted by Crippen LogP contribution is -2.35.